The molecule has 1 saturated heterocycles. The topological polar surface area (TPSA) is 101 Å². The van der Waals surface area contributed by atoms with Crippen molar-refractivity contribution in [2.45, 2.75) is 38.8 Å². The van der Waals surface area contributed by atoms with E-state index in [1.54, 1.807) is 6.07 Å². The summed E-state index contributed by atoms with van der Waals surface area (Å²) in [5, 5.41) is 20.4. The number of fused-ring (bicyclic) bond motifs is 1. The van der Waals surface area contributed by atoms with E-state index in [1.165, 1.54) is 28.1 Å². The number of halogens is 2. The number of carbonyl (C=O) groups is 2. The van der Waals surface area contributed by atoms with Gasteiger partial charge in [0.2, 0.25) is 5.91 Å². The predicted molar refractivity (Wildman–Crippen MR) is 97.2 cm³/mol. The zero-order valence-electron chi connectivity index (χ0n) is 15.1. The third kappa shape index (κ3) is 2.77. The molecule has 2 aliphatic rings. The number of tetrazole rings is 1. The summed E-state index contributed by atoms with van der Waals surface area (Å²) in [7, 11) is 0. The summed E-state index contributed by atoms with van der Waals surface area (Å²) in [6.07, 6.45) is 3.24. The molecular weight excluding hydrogens is 389 g/mol. The van der Waals surface area contributed by atoms with Crippen molar-refractivity contribution >= 4 is 29.1 Å². The van der Waals surface area contributed by atoms with Crippen LogP contribution >= 0.6 is 11.6 Å². The first-order valence-corrected chi connectivity index (χ1v) is 9.06. The van der Waals surface area contributed by atoms with Gasteiger partial charge in [-0.1, -0.05) is 25.4 Å². The Bertz CT molecular complexity index is 1000. The minimum Gasteiger partial charge on any atom is -0.480 e. The Hall–Kier alpha value is -2.81. The van der Waals surface area contributed by atoms with Crippen molar-refractivity contribution in [1.82, 2.24) is 25.1 Å². The van der Waals surface area contributed by atoms with Gasteiger partial charge in [-0.25, -0.2) is 9.18 Å². The largest absolute Gasteiger partial charge is 0.480 e. The second kappa shape index (κ2) is 6.37. The zero-order valence-corrected chi connectivity index (χ0v) is 15.9. The molecule has 1 unspecified atom stereocenters. The van der Waals surface area contributed by atoms with E-state index in [2.05, 4.69) is 15.5 Å². The molecule has 0 aliphatic carbocycles. The highest BCUT2D eigenvalue weighted by Gasteiger charge is 2.52. The molecule has 1 N–H and O–H groups in total. The Labute approximate surface area is 164 Å². The van der Waals surface area contributed by atoms with Gasteiger partial charge in [0.05, 0.1) is 10.7 Å². The minimum absolute atomic E-state index is 0.0864. The molecular formula is C18H17ClFN5O3. The summed E-state index contributed by atoms with van der Waals surface area (Å²) in [6, 6.07) is 1.71. The number of aliphatic carboxylic acids is 1. The number of hydrogen-bond acceptors (Lipinski definition) is 5. The Balaban J connectivity index is 1.85. The van der Waals surface area contributed by atoms with E-state index >= 15 is 4.39 Å². The molecule has 0 saturated carbocycles. The second-order valence-corrected chi connectivity index (χ2v) is 8.10. The fourth-order valence-electron chi connectivity index (χ4n) is 4.19. The van der Waals surface area contributed by atoms with Gasteiger partial charge >= 0.3 is 5.97 Å². The zero-order chi connectivity index (χ0) is 20.2. The summed E-state index contributed by atoms with van der Waals surface area (Å²) in [5.41, 5.74) is 0.491. The molecule has 10 heteroatoms. The summed E-state index contributed by atoms with van der Waals surface area (Å²) in [5.74, 6) is -2.16. The molecule has 2 aliphatic heterocycles. The number of rotatable bonds is 3. The van der Waals surface area contributed by atoms with E-state index in [-0.39, 0.29) is 16.6 Å². The summed E-state index contributed by atoms with van der Waals surface area (Å²) < 4.78 is 16.3. The monoisotopic (exact) mass is 405 g/mol. The Kier molecular flexibility index (Phi) is 4.22. The van der Waals surface area contributed by atoms with Gasteiger partial charge < -0.3 is 10.0 Å². The van der Waals surface area contributed by atoms with Crippen LogP contribution in [0, 0.1) is 11.2 Å². The van der Waals surface area contributed by atoms with Gasteiger partial charge in [-0.2, -0.15) is 4.68 Å². The summed E-state index contributed by atoms with van der Waals surface area (Å²) in [6.45, 7) is 3.83. The number of carboxylic acids is 1. The smallest absolute Gasteiger partial charge is 0.326 e. The number of hydrogen-bond donors (Lipinski definition) is 1. The lowest BCUT2D eigenvalue weighted by Gasteiger charge is -2.37. The fourth-order valence-corrected chi connectivity index (χ4v) is 4.35. The van der Waals surface area contributed by atoms with Crippen molar-refractivity contribution in [2.75, 3.05) is 0 Å². The van der Waals surface area contributed by atoms with Gasteiger partial charge in [0.15, 0.2) is 5.82 Å². The number of nitrogens with zero attached hydrogens (tertiary/aromatic N) is 5. The van der Waals surface area contributed by atoms with Gasteiger partial charge in [-0.15, -0.1) is 5.10 Å². The van der Waals surface area contributed by atoms with Gasteiger partial charge in [0.25, 0.3) is 0 Å². The van der Waals surface area contributed by atoms with Gasteiger partial charge in [-0.3, -0.25) is 4.79 Å². The molecule has 1 aromatic carbocycles. The van der Waals surface area contributed by atoms with Crippen LogP contribution in [0.3, 0.4) is 0 Å². The first-order chi connectivity index (χ1) is 13.2. The molecule has 28 heavy (non-hydrogen) atoms. The van der Waals surface area contributed by atoms with Crippen LogP contribution < -0.4 is 0 Å². The lowest BCUT2D eigenvalue weighted by atomic mass is 9.78. The standard InChI is InChI=1S/C18H17ClFN5O3/c1-18(2)7-12(17(27)28)25-13(18)5-9(6-14(25)26)15-11(24-8-21-22-23-24)4-3-10(19)16(15)20/h3-4,6,8,12-13H,5,7H2,1-2H3,(H,27,28)/t12-,13?/m0/s1. The fraction of sp³-hybridized carbons (Fsp3) is 0.389. The highest BCUT2D eigenvalue weighted by molar-refractivity contribution is 6.31. The van der Waals surface area contributed by atoms with E-state index in [0.717, 1.165) is 0 Å². The Morgan fingerprint density at radius 2 is 2.14 bits per heavy atom. The maximum Gasteiger partial charge on any atom is 0.326 e. The van der Waals surface area contributed by atoms with Crippen LogP contribution in [0.4, 0.5) is 4.39 Å². The molecule has 0 bridgehead atoms. The van der Waals surface area contributed by atoms with Crippen molar-refractivity contribution in [1.29, 1.82) is 0 Å². The van der Waals surface area contributed by atoms with Crippen molar-refractivity contribution in [3.05, 3.63) is 40.9 Å². The second-order valence-electron chi connectivity index (χ2n) is 7.69. The normalized spacial score (nSPS) is 23.5. The maximum atomic E-state index is 15.0. The molecule has 8 nitrogen and oxygen atoms in total. The van der Waals surface area contributed by atoms with Gasteiger partial charge in [-0.05, 0) is 46.4 Å². The molecule has 1 fully saturated rings. The highest BCUT2D eigenvalue weighted by atomic mass is 35.5. The van der Waals surface area contributed by atoms with Crippen LogP contribution in [0.25, 0.3) is 11.3 Å². The van der Waals surface area contributed by atoms with Crippen LogP contribution in [0.2, 0.25) is 5.02 Å². The van der Waals surface area contributed by atoms with Crippen LogP contribution in [0.15, 0.2) is 24.5 Å². The van der Waals surface area contributed by atoms with Crippen molar-refractivity contribution in [2.24, 2.45) is 5.41 Å². The van der Waals surface area contributed by atoms with E-state index in [9.17, 15) is 14.7 Å². The lowest BCUT2D eigenvalue weighted by molar-refractivity contribution is -0.148. The number of carbonyl (C=O) groups excluding carboxylic acids is 1. The SMILES string of the molecule is CC1(C)C[C@@H](C(=O)O)N2C(=O)C=C(c3c(-n4cnnn4)ccc(Cl)c3F)CC21. The predicted octanol–water partition coefficient (Wildman–Crippen LogP) is 2.32. The third-order valence-electron chi connectivity index (χ3n) is 5.53. The molecule has 1 amide bonds. The molecule has 2 atom stereocenters. The van der Waals surface area contributed by atoms with Crippen LogP contribution in [0.1, 0.15) is 32.3 Å². The molecule has 1 aromatic heterocycles. The molecule has 0 radical (unpaired) electrons. The van der Waals surface area contributed by atoms with Crippen LogP contribution in [0.5, 0.6) is 0 Å². The summed E-state index contributed by atoms with van der Waals surface area (Å²) >= 11 is 6.00. The van der Waals surface area contributed by atoms with Crippen LogP contribution in [-0.4, -0.2) is 54.2 Å². The number of aromatic nitrogens is 4. The lowest BCUT2D eigenvalue weighted by Crippen LogP contribution is -2.48. The quantitative estimate of drug-likeness (QED) is 0.840. The van der Waals surface area contributed by atoms with E-state index in [4.69, 9.17) is 11.6 Å². The van der Waals surface area contributed by atoms with Crippen LogP contribution in [-0.2, 0) is 9.59 Å². The Morgan fingerprint density at radius 1 is 1.39 bits per heavy atom. The van der Waals surface area contributed by atoms with Gasteiger partial charge in [0, 0.05) is 17.7 Å². The van der Waals surface area contributed by atoms with Crippen molar-refractivity contribution in [3.63, 3.8) is 0 Å². The molecule has 4 rings (SSSR count). The number of carboxylic acid groups (broad SMARTS) is 1. The van der Waals surface area contributed by atoms with Gasteiger partial charge in [0.1, 0.15) is 12.4 Å². The van der Waals surface area contributed by atoms with E-state index < -0.39 is 29.2 Å². The Morgan fingerprint density at radius 3 is 2.79 bits per heavy atom. The number of benzene rings is 1. The molecule has 2 aromatic rings. The maximum absolute atomic E-state index is 15.0. The molecule has 146 valence electrons. The first-order valence-electron chi connectivity index (χ1n) is 8.68. The molecule has 0 spiro atoms. The minimum atomic E-state index is -1.04. The van der Waals surface area contributed by atoms with Crippen molar-refractivity contribution in [3.8, 4) is 5.69 Å². The summed E-state index contributed by atoms with van der Waals surface area (Å²) in [4.78, 5) is 25.9. The highest BCUT2D eigenvalue weighted by Crippen LogP contribution is 2.47. The third-order valence-corrected chi connectivity index (χ3v) is 5.83. The first kappa shape index (κ1) is 18.5. The number of amides is 1. The average molecular weight is 406 g/mol. The van der Waals surface area contributed by atoms with E-state index in [1.807, 2.05) is 13.8 Å². The van der Waals surface area contributed by atoms with Crippen molar-refractivity contribution < 1.29 is 19.1 Å². The van der Waals surface area contributed by atoms with E-state index in [0.29, 0.717) is 24.1 Å². The average Bonchev–Trinajstić information content (AvgIpc) is 3.24. The molecule has 3 heterocycles.